The van der Waals surface area contributed by atoms with Gasteiger partial charge in [-0.15, -0.1) is 0 Å². The molecule has 1 atom stereocenters. The second kappa shape index (κ2) is 5.03. The largest absolute Gasteiger partial charge is 0.389 e. The highest BCUT2D eigenvalue weighted by molar-refractivity contribution is 5.05. The first-order valence-electron chi connectivity index (χ1n) is 6.63. The van der Waals surface area contributed by atoms with Crippen LogP contribution < -0.4 is 5.32 Å². The van der Waals surface area contributed by atoms with Gasteiger partial charge in [-0.3, -0.25) is 0 Å². The van der Waals surface area contributed by atoms with Crippen LogP contribution in [0.25, 0.3) is 0 Å². The summed E-state index contributed by atoms with van der Waals surface area (Å²) in [6.07, 6.45) is 5.49. The van der Waals surface area contributed by atoms with Crippen molar-refractivity contribution >= 4 is 0 Å². The van der Waals surface area contributed by atoms with Crippen molar-refractivity contribution < 1.29 is 9.84 Å². The average Bonchev–Trinajstić information content (AvgIpc) is 3.06. The van der Waals surface area contributed by atoms with E-state index in [1.54, 1.807) is 0 Å². The minimum absolute atomic E-state index is 0.205. The zero-order valence-electron chi connectivity index (χ0n) is 10.5. The fraction of sp³-hybridized carbons (Fsp3) is 1.00. The fourth-order valence-corrected chi connectivity index (χ4v) is 2.44. The summed E-state index contributed by atoms with van der Waals surface area (Å²) >= 11 is 0. The van der Waals surface area contributed by atoms with Crippen LogP contribution in [0.3, 0.4) is 0 Å². The summed E-state index contributed by atoms with van der Waals surface area (Å²) in [6.45, 7) is 6.19. The second-order valence-corrected chi connectivity index (χ2v) is 5.80. The molecule has 0 heterocycles. The molecule has 0 spiro atoms. The Labute approximate surface area is 98.6 Å². The molecule has 2 aliphatic carbocycles. The Kier molecular flexibility index (Phi) is 3.88. The van der Waals surface area contributed by atoms with Crippen molar-refractivity contribution in [1.82, 2.24) is 5.32 Å². The van der Waals surface area contributed by atoms with E-state index >= 15 is 0 Å². The molecule has 3 nitrogen and oxygen atoms in total. The number of hydrogen-bond acceptors (Lipinski definition) is 3. The van der Waals surface area contributed by atoms with Crippen LogP contribution in [0, 0.1) is 11.3 Å². The average molecular weight is 227 g/mol. The van der Waals surface area contributed by atoms with Crippen LogP contribution in [0.4, 0.5) is 0 Å². The van der Waals surface area contributed by atoms with Crippen molar-refractivity contribution in [1.29, 1.82) is 0 Å². The Bertz CT molecular complexity index is 222. The van der Waals surface area contributed by atoms with Crippen LogP contribution in [0.2, 0.25) is 0 Å². The highest BCUT2D eigenvalue weighted by atomic mass is 16.5. The summed E-state index contributed by atoms with van der Waals surface area (Å²) < 4.78 is 5.37. The lowest BCUT2D eigenvalue weighted by Gasteiger charge is -2.18. The lowest BCUT2D eigenvalue weighted by molar-refractivity contribution is 0.00595. The SMILES string of the molecule is CC(C)OCC(O)CNCC1(C2CC2)CC1. The maximum atomic E-state index is 9.68. The van der Waals surface area contributed by atoms with E-state index in [0.717, 1.165) is 12.5 Å². The third kappa shape index (κ3) is 3.44. The predicted molar refractivity (Wildman–Crippen MR) is 64.4 cm³/mol. The van der Waals surface area contributed by atoms with Crippen molar-refractivity contribution in [2.45, 2.75) is 51.7 Å². The first kappa shape index (κ1) is 12.3. The normalized spacial score (nSPS) is 24.8. The summed E-state index contributed by atoms with van der Waals surface area (Å²) in [4.78, 5) is 0. The van der Waals surface area contributed by atoms with Gasteiger partial charge < -0.3 is 15.2 Å². The molecule has 0 aliphatic heterocycles. The van der Waals surface area contributed by atoms with E-state index in [0.29, 0.717) is 18.6 Å². The molecule has 2 saturated carbocycles. The van der Waals surface area contributed by atoms with Gasteiger partial charge in [0.15, 0.2) is 0 Å². The third-order valence-electron chi connectivity index (χ3n) is 3.81. The van der Waals surface area contributed by atoms with Crippen LogP contribution in [0.15, 0.2) is 0 Å². The molecular weight excluding hydrogens is 202 g/mol. The van der Waals surface area contributed by atoms with Gasteiger partial charge >= 0.3 is 0 Å². The van der Waals surface area contributed by atoms with Crippen LogP contribution >= 0.6 is 0 Å². The molecule has 0 saturated heterocycles. The second-order valence-electron chi connectivity index (χ2n) is 5.80. The molecule has 3 heteroatoms. The minimum atomic E-state index is -0.364. The van der Waals surface area contributed by atoms with Gasteiger partial charge in [-0.1, -0.05) is 0 Å². The molecule has 0 radical (unpaired) electrons. The molecule has 2 rings (SSSR count). The Morgan fingerprint density at radius 2 is 2.06 bits per heavy atom. The van der Waals surface area contributed by atoms with E-state index in [2.05, 4.69) is 5.32 Å². The standard InChI is InChI=1S/C13H25NO2/c1-10(2)16-8-12(15)7-14-9-13(5-6-13)11-3-4-11/h10-12,14-15H,3-9H2,1-2H3. The zero-order chi connectivity index (χ0) is 11.6. The van der Waals surface area contributed by atoms with Gasteiger partial charge in [-0.2, -0.15) is 0 Å². The van der Waals surface area contributed by atoms with Crippen molar-refractivity contribution in [2.24, 2.45) is 11.3 Å². The van der Waals surface area contributed by atoms with Gasteiger partial charge in [0.25, 0.3) is 0 Å². The molecule has 2 fully saturated rings. The number of ether oxygens (including phenoxy) is 1. The van der Waals surface area contributed by atoms with E-state index in [1.807, 2.05) is 13.8 Å². The van der Waals surface area contributed by atoms with Gasteiger partial charge in [0.1, 0.15) is 0 Å². The van der Waals surface area contributed by atoms with E-state index in [1.165, 1.54) is 25.7 Å². The molecule has 2 aliphatic rings. The Hall–Kier alpha value is -0.120. The topological polar surface area (TPSA) is 41.5 Å². The fourth-order valence-electron chi connectivity index (χ4n) is 2.44. The molecule has 94 valence electrons. The molecule has 0 aromatic rings. The van der Waals surface area contributed by atoms with Gasteiger partial charge in [0, 0.05) is 13.1 Å². The predicted octanol–water partition coefficient (Wildman–Crippen LogP) is 1.55. The number of hydrogen-bond donors (Lipinski definition) is 2. The van der Waals surface area contributed by atoms with Gasteiger partial charge in [0.05, 0.1) is 18.8 Å². The highest BCUT2D eigenvalue weighted by Crippen LogP contribution is 2.60. The number of aliphatic hydroxyl groups excluding tert-OH is 1. The molecular formula is C13H25NO2. The molecule has 1 unspecified atom stereocenters. The van der Waals surface area contributed by atoms with Crippen molar-refractivity contribution in [3.63, 3.8) is 0 Å². The molecule has 0 aromatic carbocycles. The molecule has 16 heavy (non-hydrogen) atoms. The smallest absolute Gasteiger partial charge is 0.0897 e. The molecule has 2 N–H and O–H groups in total. The van der Waals surface area contributed by atoms with Crippen LogP contribution in [0.1, 0.15) is 39.5 Å². The number of nitrogens with one attached hydrogen (secondary N) is 1. The van der Waals surface area contributed by atoms with Gasteiger partial charge in [-0.05, 0) is 50.9 Å². The quantitative estimate of drug-likeness (QED) is 0.661. The Morgan fingerprint density at radius 3 is 2.56 bits per heavy atom. The molecule has 0 amide bonds. The summed E-state index contributed by atoms with van der Waals surface area (Å²) in [5.74, 6) is 0.990. The first-order valence-corrected chi connectivity index (χ1v) is 6.63. The Balaban J connectivity index is 1.54. The van der Waals surface area contributed by atoms with E-state index in [-0.39, 0.29) is 12.2 Å². The van der Waals surface area contributed by atoms with Gasteiger partial charge in [0.2, 0.25) is 0 Å². The van der Waals surface area contributed by atoms with Crippen LogP contribution in [0.5, 0.6) is 0 Å². The van der Waals surface area contributed by atoms with Crippen LogP contribution in [-0.4, -0.2) is 37.0 Å². The summed E-state index contributed by atoms with van der Waals surface area (Å²) in [5.41, 5.74) is 0.624. The van der Waals surface area contributed by atoms with Crippen molar-refractivity contribution in [3.8, 4) is 0 Å². The zero-order valence-corrected chi connectivity index (χ0v) is 10.5. The lowest BCUT2D eigenvalue weighted by Crippen LogP contribution is -2.35. The van der Waals surface area contributed by atoms with E-state index in [9.17, 15) is 5.11 Å². The third-order valence-corrected chi connectivity index (χ3v) is 3.81. The van der Waals surface area contributed by atoms with Gasteiger partial charge in [-0.25, -0.2) is 0 Å². The summed E-state index contributed by atoms with van der Waals surface area (Å²) in [5, 5.41) is 13.1. The van der Waals surface area contributed by atoms with Crippen molar-refractivity contribution in [3.05, 3.63) is 0 Å². The molecule has 0 bridgehead atoms. The first-order chi connectivity index (χ1) is 7.62. The monoisotopic (exact) mass is 227 g/mol. The van der Waals surface area contributed by atoms with E-state index in [4.69, 9.17) is 4.74 Å². The highest BCUT2D eigenvalue weighted by Gasteiger charge is 2.53. The van der Waals surface area contributed by atoms with Crippen molar-refractivity contribution in [2.75, 3.05) is 19.7 Å². The number of aliphatic hydroxyl groups is 1. The van der Waals surface area contributed by atoms with E-state index < -0.39 is 0 Å². The minimum Gasteiger partial charge on any atom is -0.389 e. The number of rotatable bonds is 8. The lowest BCUT2D eigenvalue weighted by atomic mass is 10.0. The molecule has 0 aromatic heterocycles. The summed E-state index contributed by atoms with van der Waals surface area (Å²) in [6, 6.07) is 0. The maximum Gasteiger partial charge on any atom is 0.0897 e. The maximum absolute atomic E-state index is 9.68. The van der Waals surface area contributed by atoms with Crippen LogP contribution in [-0.2, 0) is 4.74 Å². The Morgan fingerprint density at radius 1 is 1.38 bits per heavy atom. The summed E-state index contributed by atoms with van der Waals surface area (Å²) in [7, 11) is 0.